The summed E-state index contributed by atoms with van der Waals surface area (Å²) in [6.07, 6.45) is 3.43. The molecule has 5 nitrogen and oxygen atoms in total. The molecule has 2 aromatic heterocycles. The van der Waals surface area contributed by atoms with E-state index >= 15 is 0 Å². The SMILES string of the molecule is Cc1cc(S(=O)(=O)NCc2cnn3ccccc23)c(Cl)cc1Cl. The minimum Gasteiger partial charge on any atom is -0.241 e. The second kappa shape index (κ2) is 6.13. The van der Waals surface area contributed by atoms with Crippen LogP contribution in [-0.4, -0.2) is 18.0 Å². The number of aromatic nitrogens is 2. The van der Waals surface area contributed by atoms with Crippen LogP contribution in [0.2, 0.25) is 10.0 Å². The van der Waals surface area contributed by atoms with Crippen molar-refractivity contribution in [2.24, 2.45) is 0 Å². The van der Waals surface area contributed by atoms with Gasteiger partial charge in [0.05, 0.1) is 16.7 Å². The molecule has 1 aromatic carbocycles. The van der Waals surface area contributed by atoms with Crippen molar-refractivity contribution in [3.05, 3.63) is 63.9 Å². The van der Waals surface area contributed by atoms with Gasteiger partial charge in [-0.15, -0.1) is 0 Å². The van der Waals surface area contributed by atoms with Crippen molar-refractivity contribution in [2.75, 3.05) is 0 Å². The highest BCUT2D eigenvalue weighted by atomic mass is 35.5. The fraction of sp³-hybridized carbons (Fsp3) is 0.133. The lowest BCUT2D eigenvalue weighted by atomic mass is 10.2. The molecule has 0 spiro atoms. The maximum absolute atomic E-state index is 12.5. The third kappa shape index (κ3) is 3.21. The molecule has 0 saturated carbocycles. The summed E-state index contributed by atoms with van der Waals surface area (Å²) < 4.78 is 29.2. The Bertz CT molecular complexity index is 984. The van der Waals surface area contributed by atoms with Gasteiger partial charge in [0, 0.05) is 23.3 Å². The largest absolute Gasteiger partial charge is 0.242 e. The van der Waals surface area contributed by atoms with E-state index < -0.39 is 10.0 Å². The van der Waals surface area contributed by atoms with Gasteiger partial charge in [-0.25, -0.2) is 17.7 Å². The molecule has 0 amide bonds. The molecule has 3 aromatic rings. The van der Waals surface area contributed by atoms with E-state index in [2.05, 4.69) is 9.82 Å². The van der Waals surface area contributed by atoms with Gasteiger partial charge < -0.3 is 0 Å². The molecule has 23 heavy (non-hydrogen) atoms. The highest BCUT2D eigenvalue weighted by Gasteiger charge is 2.19. The monoisotopic (exact) mass is 369 g/mol. The molecule has 8 heteroatoms. The number of sulfonamides is 1. The molecule has 0 bridgehead atoms. The van der Waals surface area contributed by atoms with E-state index in [1.54, 1.807) is 23.8 Å². The van der Waals surface area contributed by atoms with Crippen LogP contribution in [-0.2, 0) is 16.6 Å². The van der Waals surface area contributed by atoms with Gasteiger partial charge in [-0.2, -0.15) is 5.10 Å². The smallest absolute Gasteiger partial charge is 0.241 e. The van der Waals surface area contributed by atoms with E-state index in [4.69, 9.17) is 23.2 Å². The van der Waals surface area contributed by atoms with Crippen molar-refractivity contribution in [3.8, 4) is 0 Å². The number of hydrogen-bond acceptors (Lipinski definition) is 3. The van der Waals surface area contributed by atoms with Gasteiger partial charge in [0.25, 0.3) is 0 Å². The third-order valence-electron chi connectivity index (χ3n) is 3.46. The molecule has 3 rings (SSSR count). The Labute approximate surface area is 143 Å². The summed E-state index contributed by atoms with van der Waals surface area (Å²) in [6, 6.07) is 8.49. The standard InChI is InChI=1S/C15H13Cl2N3O2S/c1-10-6-15(13(17)7-12(10)16)23(21,22)19-9-11-8-18-20-5-3-2-4-14(11)20/h2-8,19H,9H2,1H3. The van der Waals surface area contributed by atoms with Crippen molar-refractivity contribution in [2.45, 2.75) is 18.4 Å². The normalized spacial score (nSPS) is 12.0. The van der Waals surface area contributed by atoms with Crippen LogP contribution in [0.25, 0.3) is 5.52 Å². The lowest BCUT2D eigenvalue weighted by Crippen LogP contribution is -2.23. The number of hydrogen-bond donors (Lipinski definition) is 1. The molecule has 0 saturated heterocycles. The first-order valence-corrected chi connectivity index (χ1v) is 8.99. The van der Waals surface area contributed by atoms with Gasteiger partial charge >= 0.3 is 0 Å². The van der Waals surface area contributed by atoms with Gasteiger partial charge in [-0.3, -0.25) is 0 Å². The highest BCUT2D eigenvalue weighted by Crippen LogP contribution is 2.28. The van der Waals surface area contributed by atoms with E-state index in [0.717, 1.165) is 11.1 Å². The molecule has 0 aliphatic rings. The predicted octanol–water partition coefficient (Wildman–Crippen LogP) is 3.43. The minimum absolute atomic E-state index is 0.0116. The van der Waals surface area contributed by atoms with E-state index in [9.17, 15) is 8.42 Å². The summed E-state index contributed by atoms with van der Waals surface area (Å²) in [6.45, 7) is 1.84. The number of aryl methyl sites for hydroxylation is 1. The fourth-order valence-electron chi connectivity index (χ4n) is 2.21. The van der Waals surface area contributed by atoms with Gasteiger partial charge in [-0.1, -0.05) is 29.3 Å². The summed E-state index contributed by atoms with van der Waals surface area (Å²) in [4.78, 5) is 0.0116. The second-order valence-corrected chi connectivity index (χ2v) is 7.61. The highest BCUT2D eigenvalue weighted by molar-refractivity contribution is 7.89. The summed E-state index contributed by atoms with van der Waals surface area (Å²) in [5.74, 6) is 0. The molecular formula is C15H13Cl2N3O2S. The number of fused-ring (bicyclic) bond motifs is 1. The molecular weight excluding hydrogens is 357 g/mol. The van der Waals surface area contributed by atoms with Gasteiger partial charge in [0.1, 0.15) is 4.90 Å². The Morgan fingerprint density at radius 2 is 2.00 bits per heavy atom. The molecule has 0 unspecified atom stereocenters. The van der Waals surface area contributed by atoms with Crippen molar-refractivity contribution < 1.29 is 8.42 Å². The van der Waals surface area contributed by atoms with Crippen molar-refractivity contribution in [1.29, 1.82) is 0 Å². The first kappa shape index (κ1) is 16.3. The van der Waals surface area contributed by atoms with Gasteiger partial charge in [0.2, 0.25) is 10.0 Å². The zero-order chi connectivity index (χ0) is 16.6. The van der Waals surface area contributed by atoms with Gasteiger partial charge in [0.15, 0.2) is 0 Å². The summed E-state index contributed by atoms with van der Waals surface area (Å²) >= 11 is 12.0. The third-order valence-corrected chi connectivity index (χ3v) is 5.73. The van der Waals surface area contributed by atoms with Crippen LogP contribution in [0.1, 0.15) is 11.1 Å². The minimum atomic E-state index is -3.75. The Morgan fingerprint density at radius 3 is 2.78 bits per heavy atom. The quantitative estimate of drug-likeness (QED) is 0.765. The summed E-state index contributed by atoms with van der Waals surface area (Å²) in [5.41, 5.74) is 2.26. The molecule has 0 aliphatic carbocycles. The molecule has 0 radical (unpaired) electrons. The lowest BCUT2D eigenvalue weighted by Gasteiger charge is -2.10. The average molecular weight is 370 g/mol. The van der Waals surface area contributed by atoms with Crippen LogP contribution in [0.5, 0.6) is 0 Å². The van der Waals surface area contributed by atoms with E-state index in [-0.39, 0.29) is 16.5 Å². The van der Waals surface area contributed by atoms with Crippen molar-refractivity contribution >= 4 is 38.7 Å². The van der Waals surface area contributed by atoms with Crippen LogP contribution in [0, 0.1) is 6.92 Å². The number of nitrogens with zero attached hydrogens (tertiary/aromatic N) is 2. The Hall–Kier alpha value is -1.60. The summed E-state index contributed by atoms with van der Waals surface area (Å²) in [7, 11) is -3.75. The Morgan fingerprint density at radius 1 is 1.22 bits per heavy atom. The van der Waals surface area contributed by atoms with Crippen molar-refractivity contribution in [1.82, 2.24) is 14.3 Å². The van der Waals surface area contributed by atoms with Crippen molar-refractivity contribution in [3.63, 3.8) is 0 Å². The zero-order valence-corrected chi connectivity index (χ0v) is 14.5. The van der Waals surface area contributed by atoms with Crippen LogP contribution < -0.4 is 4.72 Å². The molecule has 0 atom stereocenters. The maximum atomic E-state index is 12.5. The zero-order valence-electron chi connectivity index (χ0n) is 12.1. The lowest BCUT2D eigenvalue weighted by molar-refractivity contribution is 0.581. The molecule has 1 N–H and O–H groups in total. The first-order valence-electron chi connectivity index (χ1n) is 6.75. The Kier molecular flexibility index (Phi) is 4.33. The molecule has 2 heterocycles. The van der Waals surface area contributed by atoms with Crippen LogP contribution in [0.3, 0.4) is 0 Å². The number of pyridine rings is 1. The van der Waals surface area contributed by atoms with E-state index in [1.807, 2.05) is 18.2 Å². The number of benzene rings is 1. The van der Waals surface area contributed by atoms with E-state index in [0.29, 0.717) is 10.6 Å². The number of rotatable bonds is 4. The van der Waals surface area contributed by atoms with Crippen LogP contribution in [0.15, 0.2) is 47.6 Å². The predicted molar refractivity (Wildman–Crippen MR) is 90.4 cm³/mol. The summed E-state index contributed by atoms with van der Waals surface area (Å²) in [5, 5.41) is 4.69. The van der Waals surface area contributed by atoms with Gasteiger partial charge in [-0.05, 0) is 36.8 Å². The molecule has 120 valence electrons. The average Bonchev–Trinajstić information content (AvgIpc) is 2.92. The number of halogens is 2. The first-order chi connectivity index (χ1) is 10.9. The maximum Gasteiger partial charge on any atom is 0.242 e. The second-order valence-electron chi connectivity index (χ2n) is 5.06. The topological polar surface area (TPSA) is 63.5 Å². The Balaban J connectivity index is 1.89. The molecule has 0 fully saturated rings. The van der Waals surface area contributed by atoms with Crippen LogP contribution >= 0.6 is 23.2 Å². The van der Waals surface area contributed by atoms with Crippen LogP contribution in [0.4, 0.5) is 0 Å². The van der Waals surface area contributed by atoms with E-state index in [1.165, 1.54) is 12.1 Å². The molecule has 0 aliphatic heterocycles. The number of nitrogens with one attached hydrogen (secondary N) is 1. The fourth-order valence-corrected chi connectivity index (χ4v) is 4.05.